The van der Waals surface area contributed by atoms with Crippen molar-refractivity contribution in [2.24, 2.45) is 5.73 Å². The molecule has 0 aromatic heterocycles. The van der Waals surface area contributed by atoms with Gasteiger partial charge in [-0.05, 0) is 50.2 Å². The molecule has 1 fully saturated rings. The molecule has 2 atom stereocenters. The molecular formula is C21H32N4O2. The van der Waals surface area contributed by atoms with Gasteiger partial charge in [0, 0.05) is 36.7 Å². The molecular weight excluding hydrogens is 340 g/mol. The van der Waals surface area contributed by atoms with E-state index in [4.69, 9.17) is 5.73 Å². The number of hydrogen-bond donors (Lipinski definition) is 4. The Kier molecular flexibility index (Phi) is 6.37. The number of fused-ring (bicyclic) bond motifs is 1. The number of hydrogen-bond acceptors (Lipinski definition) is 4. The molecule has 3 rings (SSSR count). The minimum atomic E-state index is -0.201. The van der Waals surface area contributed by atoms with Crippen molar-refractivity contribution in [2.75, 3.05) is 11.9 Å². The standard InChI is InChI=1S/C21H32N4O2/c1-3-16-17-6-4-5-13(2)19(17)25-20(16)21(27)24-15-9-7-14(8-10-15)23-18(26)11-12-22/h4-6,14-16,20,25H,3,7-12,22H2,1-2H3,(H,23,26)(H,24,27). The summed E-state index contributed by atoms with van der Waals surface area (Å²) in [6.45, 7) is 4.60. The van der Waals surface area contributed by atoms with Crippen molar-refractivity contribution in [1.29, 1.82) is 0 Å². The van der Waals surface area contributed by atoms with E-state index in [1.54, 1.807) is 0 Å². The number of aryl methyl sites for hydroxylation is 1. The number of nitrogens with one attached hydrogen (secondary N) is 3. The first-order chi connectivity index (χ1) is 13.0. The average molecular weight is 373 g/mol. The zero-order valence-electron chi connectivity index (χ0n) is 16.4. The molecule has 0 bridgehead atoms. The lowest BCUT2D eigenvalue weighted by atomic mass is 9.89. The SMILES string of the molecule is CCC1c2cccc(C)c2NC1C(=O)NC1CCC(NC(=O)CCN)CC1. The minimum Gasteiger partial charge on any atom is -0.373 e. The van der Waals surface area contributed by atoms with Crippen LogP contribution in [-0.2, 0) is 9.59 Å². The highest BCUT2D eigenvalue weighted by atomic mass is 16.2. The van der Waals surface area contributed by atoms with E-state index in [0.717, 1.165) is 37.8 Å². The van der Waals surface area contributed by atoms with E-state index in [9.17, 15) is 9.59 Å². The summed E-state index contributed by atoms with van der Waals surface area (Å²) in [5.41, 5.74) is 8.99. The van der Waals surface area contributed by atoms with Gasteiger partial charge in [-0.15, -0.1) is 0 Å². The molecule has 1 heterocycles. The van der Waals surface area contributed by atoms with Crippen molar-refractivity contribution in [1.82, 2.24) is 10.6 Å². The Hall–Kier alpha value is -2.08. The fourth-order valence-corrected chi connectivity index (χ4v) is 4.44. The molecule has 2 unspecified atom stereocenters. The molecule has 0 saturated heterocycles. The van der Waals surface area contributed by atoms with Crippen molar-refractivity contribution < 1.29 is 9.59 Å². The first-order valence-electron chi connectivity index (χ1n) is 10.2. The highest BCUT2D eigenvalue weighted by Gasteiger charge is 2.37. The van der Waals surface area contributed by atoms with E-state index >= 15 is 0 Å². The number of carbonyl (C=O) groups is 2. The van der Waals surface area contributed by atoms with E-state index < -0.39 is 0 Å². The molecule has 6 heteroatoms. The van der Waals surface area contributed by atoms with Crippen LogP contribution in [-0.4, -0.2) is 36.5 Å². The molecule has 27 heavy (non-hydrogen) atoms. The summed E-state index contributed by atoms with van der Waals surface area (Å²) in [5.74, 6) is 0.332. The molecule has 2 amide bonds. The second-order valence-electron chi connectivity index (χ2n) is 7.84. The molecule has 1 aromatic rings. The number of anilines is 1. The average Bonchev–Trinajstić information content (AvgIpc) is 3.04. The lowest BCUT2D eigenvalue weighted by Gasteiger charge is -2.31. The zero-order valence-corrected chi connectivity index (χ0v) is 16.4. The van der Waals surface area contributed by atoms with Gasteiger partial charge >= 0.3 is 0 Å². The monoisotopic (exact) mass is 372 g/mol. The third-order valence-electron chi connectivity index (χ3n) is 5.94. The van der Waals surface area contributed by atoms with Gasteiger partial charge in [-0.2, -0.15) is 0 Å². The Labute approximate surface area is 161 Å². The van der Waals surface area contributed by atoms with Crippen LogP contribution in [0.15, 0.2) is 18.2 Å². The first-order valence-corrected chi connectivity index (χ1v) is 10.2. The predicted molar refractivity (Wildman–Crippen MR) is 108 cm³/mol. The van der Waals surface area contributed by atoms with Gasteiger partial charge in [0.15, 0.2) is 0 Å². The molecule has 1 aliphatic heterocycles. The zero-order chi connectivity index (χ0) is 19.4. The lowest BCUT2D eigenvalue weighted by molar-refractivity contribution is -0.124. The van der Waals surface area contributed by atoms with Crippen LogP contribution in [0, 0.1) is 6.92 Å². The number of nitrogens with two attached hydrogens (primary N) is 1. The summed E-state index contributed by atoms with van der Waals surface area (Å²) in [5, 5.41) is 9.74. The van der Waals surface area contributed by atoms with Crippen LogP contribution < -0.4 is 21.7 Å². The summed E-state index contributed by atoms with van der Waals surface area (Å²) in [6.07, 6.45) is 4.90. The summed E-state index contributed by atoms with van der Waals surface area (Å²) in [7, 11) is 0. The smallest absolute Gasteiger partial charge is 0.243 e. The predicted octanol–water partition coefficient (Wildman–Crippen LogP) is 2.18. The van der Waals surface area contributed by atoms with Crippen molar-refractivity contribution in [3.05, 3.63) is 29.3 Å². The summed E-state index contributed by atoms with van der Waals surface area (Å²) < 4.78 is 0. The van der Waals surface area contributed by atoms with Crippen molar-refractivity contribution in [3.63, 3.8) is 0 Å². The first kappa shape index (κ1) is 19.7. The fraction of sp³-hybridized carbons (Fsp3) is 0.619. The number of carbonyl (C=O) groups excluding carboxylic acids is 2. The van der Waals surface area contributed by atoms with Crippen molar-refractivity contribution >= 4 is 17.5 Å². The number of para-hydroxylation sites is 1. The van der Waals surface area contributed by atoms with Crippen molar-refractivity contribution in [3.8, 4) is 0 Å². The van der Waals surface area contributed by atoms with Crippen LogP contribution in [0.5, 0.6) is 0 Å². The van der Waals surface area contributed by atoms with Gasteiger partial charge in [0.05, 0.1) is 0 Å². The van der Waals surface area contributed by atoms with Crippen LogP contribution >= 0.6 is 0 Å². The van der Waals surface area contributed by atoms with Gasteiger partial charge < -0.3 is 21.7 Å². The number of amides is 2. The Bertz CT molecular complexity index is 683. The third-order valence-corrected chi connectivity index (χ3v) is 5.94. The molecule has 1 aromatic carbocycles. The van der Waals surface area contributed by atoms with Gasteiger partial charge in [-0.25, -0.2) is 0 Å². The Morgan fingerprint density at radius 3 is 2.44 bits per heavy atom. The molecule has 0 spiro atoms. The summed E-state index contributed by atoms with van der Waals surface area (Å²) in [6, 6.07) is 6.47. The topological polar surface area (TPSA) is 96.2 Å². The Balaban J connectivity index is 1.53. The van der Waals surface area contributed by atoms with Crippen molar-refractivity contribution in [2.45, 2.75) is 76.4 Å². The van der Waals surface area contributed by atoms with Crippen LogP contribution in [0.25, 0.3) is 0 Å². The summed E-state index contributed by atoms with van der Waals surface area (Å²) in [4.78, 5) is 24.6. The van der Waals surface area contributed by atoms with E-state index in [1.165, 1.54) is 11.1 Å². The van der Waals surface area contributed by atoms with E-state index in [-0.39, 0.29) is 35.9 Å². The minimum absolute atomic E-state index is 0.0269. The second-order valence-corrected chi connectivity index (χ2v) is 7.84. The molecule has 2 aliphatic rings. The highest BCUT2D eigenvalue weighted by Crippen LogP contribution is 2.40. The molecule has 148 valence electrons. The van der Waals surface area contributed by atoms with Gasteiger partial charge in [0.2, 0.25) is 11.8 Å². The second kappa shape index (κ2) is 8.74. The van der Waals surface area contributed by atoms with Gasteiger partial charge in [0.1, 0.15) is 6.04 Å². The maximum absolute atomic E-state index is 12.9. The van der Waals surface area contributed by atoms with Crippen LogP contribution in [0.1, 0.15) is 62.5 Å². The molecule has 1 aliphatic carbocycles. The Morgan fingerprint density at radius 1 is 1.15 bits per heavy atom. The summed E-state index contributed by atoms with van der Waals surface area (Å²) >= 11 is 0. The molecule has 5 N–H and O–H groups in total. The van der Waals surface area contributed by atoms with Gasteiger partial charge in [-0.3, -0.25) is 9.59 Å². The normalized spacial score (nSPS) is 26.8. The fourth-order valence-electron chi connectivity index (χ4n) is 4.44. The van der Waals surface area contributed by atoms with Gasteiger partial charge in [-0.1, -0.05) is 25.1 Å². The van der Waals surface area contributed by atoms with Crippen LogP contribution in [0.2, 0.25) is 0 Å². The highest BCUT2D eigenvalue weighted by molar-refractivity contribution is 5.89. The van der Waals surface area contributed by atoms with E-state index in [0.29, 0.717) is 13.0 Å². The molecule has 1 saturated carbocycles. The molecule has 6 nitrogen and oxygen atoms in total. The Morgan fingerprint density at radius 2 is 1.81 bits per heavy atom. The van der Waals surface area contributed by atoms with E-state index in [1.807, 2.05) is 0 Å². The molecule has 0 radical (unpaired) electrons. The van der Waals surface area contributed by atoms with Gasteiger partial charge in [0.25, 0.3) is 0 Å². The number of rotatable bonds is 6. The quantitative estimate of drug-likeness (QED) is 0.615. The largest absolute Gasteiger partial charge is 0.373 e. The van der Waals surface area contributed by atoms with Crippen LogP contribution in [0.3, 0.4) is 0 Å². The van der Waals surface area contributed by atoms with E-state index in [2.05, 4.69) is 48.0 Å². The number of benzene rings is 1. The maximum Gasteiger partial charge on any atom is 0.243 e. The third kappa shape index (κ3) is 4.43. The van der Waals surface area contributed by atoms with Crippen LogP contribution in [0.4, 0.5) is 5.69 Å². The maximum atomic E-state index is 12.9. The lowest BCUT2D eigenvalue weighted by Crippen LogP contribution is -2.48.